The fraction of sp³-hybridized carbons (Fsp3) is 0.714. The lowest BCUT2D eigenvalue weighted by Gasteiger charge is -2.32. The summed E-state index contributed by atoms with van der Waals surface area (Å²) in [7, 11) is 2.18. The van der Waals surface area contributed by atoms with Crippen LogP contribution in [0.15, 0.2) is 0 Å². The standard InChI is InChI=1S/C14H25N5/c1-11-13(10-15)12(2)17-14(16-11)4-5-19-8-6-18(3)7-9-19/h4-10,15H2,1-3H3. The number of likely N-dealkylation sites (N-methyl/N-ethyl adjacent to an activating group) is 1. The summed E-state index contributed by atoms with van der Waals surface area (Å²) in [6.07, 6.45) is 0.927. The zero-order valence-electron chi connectivity index (χ0n) is 12.3. The summed E-state index contributed by atoms with van der Waals surface area (Å²) >= 11 is 0. The van der Waals surface area contributed by atoms with Gasteiger partial charge in [0.2, 0.25) is 0 Å². The number of rotatable bonds is 4. The second kappa shape index (κ2) is 6.41. The molecule has 1 aliphatic heterocycles. The number of hydrogen-bond donors (Lipinski definition) is 1. The van der Waals surface area contributed by atoms with Crippen molar-refractivity contribution in [1.82, 2.24) is 19.8 Å². The molecule has 1 aliphatic rings. The molecule has 0 spiro atoms. The molecule has 0 radical (unpaired) electrons. The van der Waals surface area contributed by atoms with Crippen molar-refractivity contribution >= 4 is 0 Å². The number of aromatic nitrogens is 2. The van der Waals surface area contributed by atoms with Crippen LogP contribution < -0.4 is 5.73 Å². The summed E-state index contributed by atoms with van der Waals surface area (Å²) in [5, 5.41) is 0. The minimum absolute atomic E-state index is 0.524. The number of piperazine rings is 1. The molecule has 1 saturated heterocycles. The van der Waals surface area contributed by atoms with Gasteiger partial charge in [-0.1, -0.05) is 0 Å². The second-order valence-corrected chi connectivity index (χ2v) is 5.39. The maximum atomic E-state index is 5.71. The van der Waals surface area contributed by atoms with Crippen LogP contribution in [0.4, 0.5) is 0 Å². The van der Waals surface area contributed by atoms with E-state index in [4.69, 9.17) is 5.73 Å². The predicted octanol–water partition coefficient (Wildman–Crippen LogP) is 0.342. The van der Waals surface area contributed by atoms with Gasteiger partial charge in [-0.25, -0.2) is 9.97 Å². The van der Waals surface area contributed by atoms with Crippen LogP contribution in [-0.2, 0) is 13.0 Å². The first-order valence-electron chi connectivity index (χ1n) is 7.04. The lowest BCUT2D eigenvalue weighted by Crippen LogP contribution is -2.45. The molecule has 5 nitrogen and oxygen atoms in total. The van der Waals surface area contributed by atoms with E-state index >= 15 is 0 Å². The Bertz CT molecular complexity index is 401. The molecule has 5 heteroatoms. The topological polar surface area (TPSA) is 58.3 Å². The Morgan fingerprint density at radius 1 is 1.05 bits per heavy atom. The maximum Gasteiger partial charge on any atom is 0.130 e. The van der Waals surface area contributed by atoms with Crippen molar-refractivity contribution in [2.75, 3.05) is 39.8 Å². The van der Waals surface area contributed by atoms with Gasteiger partial charge in [0, 0.05) is 62.6 Å². The van der Waals surface area contributed by atoms with Crippen LogP contribution >= 0.6 is 0 Å². The molecule has 2 heterocycles. The van der Waals surface area contributed by atoms with Crippen LogP contribution in [0.2, 0.25) is 0 Å². The third kappa shape index (κ3) is 3.72. The van der Waals surface area contributed by atoms with Crippen molar-refractivity contribution in [3.05, 3.63) is 22.8 Å². The molecule has 1 aromatic rings. The van der Waals surface area contributed by atoms with Crippen molar-refractivity contribution in [3.63, 3.8) is 0 Å². The molecule has 0 aliphatic carbocycles. The van der Waals surface area contributed by atoms with Gasteiger partial charge in [-0.3, -0.25) is 0 Å². The van der Waals surface area contributed by atoms with Crippen LogP contribution in [0.5, 0.6) is 0 Å². The number of nitrogens with two attached hydrogens (primary N) is 1. The molecule has 0 bridgehead atoms. The van der Waals surface area contributed by atoms with Gasteiger partial charge in [0.15, 0.2) is 0 Å². The molecular formula is C14H25N5. The van der Waals surface area contributed by atoms with Gasteiger partial charge in [0.25, 0.3) is 0 Å². The Balaban J connectivity index is 1.93. The first-order valence-corrected chi connectivity index (χ1v) is 7.04. The summed E-state index contributed by atoms with van der Waals surface area (Å²) in [6.45, 7) is 10.2. The molecule has 0 saturated carbocycles. The van der Waals surface area contributed by atoms with E-state index in [1.165, 1.54) is 0 Å². The first-order chi connectivity index (χ1) is 9.10. The van der Waals surface area contributed by atoms with E-state index in [0.29, 0.717) is 6.54 Å². The highest BCUT2D eigenvalue weighted by molar-refractivity contribution is 5.23. The summed E-state index contributed by atoms with van der Waals surface area (Å²) in [5.41, 5.74) is 8.86. The van der Waals surface area contributed by atoms with Gasteiger partial charge >= 0.3 is 0 Å². The Hall–Kier alpha value is -1.04. The number of nitrogens with zero attached hydrogens (tertiary/aromatic N) is 4. The van der Waals surface area contributed by atoms with Gasteiger partial charge in [-0.2, -0.15) is 0 Å². The SMILES string of the molecule is Cc1nc(CCN2CCN(C)CC2)nc(C)c1CN. The molecule has 2 N–H and O–H groups in total. The van der Waals surface area contributed by atoms with E-state index in [1.807, 2.05) is 13.8 Å². The van der Waals surface area contributed by atoms with E-state index in [-0.39, 0.29) is 0 Å². The van der Waals surface area contributed by atoms with E-state index in [1.54, 1.807) is 0 Å². The molecule has 0 atom stereocenters. The van der Waals surface area contributed by atoms with Gasteiger partial charge in [0.1, 0.15) is 5.82 Å². The smallest absolute Gasteiger partial charge is 0.130 e. The monoisotopic (exact) mass is 263 g/mol. The number of aryl methyl sites for hydroxylation is 2. The predicted molar refractivity (Wildman–Crippen MR) is 77.0 cm³/mol. The highest BCUT2D eigenvalue weighted by Crippen LogP contribution is 2.10. The minimum atomic E-state index is 0.524. The Kier molecular flexibility index (Phi) is 4.85. The lowest BCUT2D eigenvalue weighted by atomic mass is 10.1. The lowest BCUT2D eigenvalue weighted by molar-refractivity contribution is 0.155. The van der Waals surface area contributed by atoms with Crippen LogP contribution in [0.25, 0.3) is 0 Å². The molecular weight excluding hydrogens is 238 g/mol. The van der Waals surface area contributed by atoms with Crippen LogP contribution in [0.1, 0.15) is 22.8 Å². The van der Waals surface area contributed by atoms with E-state index in [0.717, 1.165) is 61.9 Å². The third-order valence-electron chi connectivity index (χ3n) is 3.92. The highest BCUT2D eigenvalue weighted by atomic mass is 15.2. The average molecular weight is 263 g/mol. The van der Waals surface area contributed by atoms with Crippen molar-refractivity contribution in [1.29, 1.82) is 0 Å². The zero-order valence-corrected chi connectivity index (χ0v) is 12.3. The van der Waals surface area contributed by atoms with Gasteiger partial charge < -0.3 is 15.5 Å². The number of hydrogen-bond acceptors (Lipinski definition) is 5. The van der Waals surface area contributed by atoms with Crippen LogP contribution in [-0.4, -0.2) is 59.5 Å². The Morgan fingerprint density at radius 3 is 2.16 bits per heavy atom. The van der Waals surface area contributed by atoms with Gasteiger partial charge in [0.05, 0.1) is 0 Å². The van der Waals surface area contributed by atoms with Crippen molar-refractivity contribution in [2.45, 2.75) is 26.8 Å². The molecule has 0 amide bonds. The molecule has 0 aromatic carbocycles. The maximum absolute atomic E-state index is 5.71. The minimum Gasteiger partial charge on any atom is -0.326 e. The fourth-order valence-corrected chi connectivity index (χ4v) is 2.55. The van der Waals surface area contributed by atoms with Crippen molar-refractivity contribution < 1.29 is 0 Å². The quantitative estimate of drug-likeness (QED) is 0.849. The van der Waals surface area contributed by atoms with Crippen LogP contribution in [0.3, 0.4) is 0 Å². The summed E-state index contributed by atoms with van der Waals surface area (Å²) in [4.78, 5) is 14.0. The first kappa shape index (κ1) is 14.4. The molecule has 0 unspecified atom stereocenters. The fourth-order valence-electron chi connectivity index (χ4n) is 2.55. The zero-order chi connectivity index (χ0) is 13.8. The Labute approximate surface area is 115 Å². The van der Waals surface area contributed by atoms with Crippen LogP contribution in [0, 0.1) is 13.8 Å². The normalized spacial score (nSPS) is 17.9. The molecule has 2 rings (SSSR count). The molecule has 1 aromatic heterocycles. The van der Waals surface area contributed by atoms with Crippen molar-refractivity contribution in [2.24, 2.45) is 5.73 Å². The molecule has 19 heavy (non-hydrogen) atoms. The molecule has 106 valence electrons. The largest absolute Gasteiger partial charge is 0.326 e. The summed E-state index contributed by atoms with van der Waals surface area (Å²) < 4.78 is 0. The summed E-state index contributed by atoms with van der Waals surface area (Å²) in [6, 6.07) is 0. The Morgan fingerprint density at radius 2 is 1.63 bits per heavy atom. The second-order valence-electron chi connectivity index (χ2n) is 5.39. The third-order valence-corrected chi connectivity index (χ3v) is 3.92. The average Bonchev–Trinajstić information content (AvgIpc) is 2.38. The van der Waals surface area contributed by atoms with E-state index < -0.39 is 0 Å². The highest BCUT2D eigenvalue weighted by Gasteiger charge is 2.14. The summed E-state index contributed by atoms with van der Waals surface area (Å²) in [5.74, 6) is 0.950. The van der Waals surface area contributed by atoms with Gasteiger partial charge in [-0.05, 0) is 20.9 Å². The van der Waals surface area contributed by atoms with Gasteiger partial charge in [-0.15, -0.1) is 0 Å². The van der Waals surface area contributed by atoms with Crippen molar-refractivity contribution in [3.8, 4) is 0 Å². The molecule has 1 fully saturated rings. The van der Waals surface area contributed by atoms with E-state index in [9.17, 15) is 0 Å². The van der Waals surface area contributed by atoms with E-state index in [2.05, 4.69) is 26.8 Å².